The van der Waals surface area contributed by atoms with Crippen LogP contribution < -0.4 is 9.64 Å². The van der Waals surface area contributed by atoms with Crippen LogP contribution in [0.4, 0.5) is 11.4 Å². The van der Waals surface area contributed by atoms with Crippen LogP contribution in [0.5, 0.6) is 5.75 Å². The summed E-state index contributed by atoms with van der Waals surface area (Å²) in [5.41, 5.74) is 5.38. The zero-order valence-corrected chi connectivity index (χ0v) is 21.6. The van der Waals surface area contributed by atoms with Crippen molar-refractivity contribution in [2.75, 3.05) is 4.90 Å². The molecule has 3 heterocycles. The number of hydrogen-bond donors (Lipinski definition) is 0. The molecule has 0 atom stereocenters. The molecule has 3 aliphatic rings. The fourth-order valence-corrected chi connectivity index (χ4v) is 5.93. The van der Waals surface area contributed by atoms with E-state index in [0.717, 1.165) is 59.5 Å². The van der Waals surface area contributed by atoms with Crippen LogP contribution in [0.25, 0.3) is 11.3 Å². The van der Waals surface area contributed by atoms with Gasteiger partial charge in [-0.1, -0.05) is 34.4 Å². The zero-order valence-electron chi connectivity index (χ0n) is 20.1. The number of halogens is 2. The van der Waals surface area contributed by atoms with Gasteiger partial charge in [0.2, 0.25) is 5.91 Å². The van der Waals surface area contributed by atoms with Gasteiger partial charge in [0.25, 0.3) is 0 Å². The van der Waals surface area contributed by atoms with Gasteiger partial charge in [-0.05, 0) is 80.1 Å². The second-order valence-electron chi connectivity index (χ2n) is 10.2. The molecule has 4 aromatic rings. The van der Waals surface area contributed by atoms with E-state index >= 15 is 0 Å². The van der Waals surface area contributed by atoms with Crippen molar-refractivity contribution in [3.63, 3.8) is 0 Å². The van der Waals surface area contributed by atoms with Gasteiger partial charge in [-0.25, -0.2) is 0 Å². The highest BCUT2D eigenvalue weighted by atomic mass is 35.5. The largest absolute Gasteiger partial charge is 0.489 e. The smallest absolute Gasteiger partial charge is 0.242 e. The normalized spacial score (nSPS) is 17.4. The van der Waals surface area contributed by atoms with Crippen LogP contribution in [-0.2, 0) is 16.8 Å². The fourth-order valence-electron chi connectivity index (χ4n) is 5.35. The first-order valence-corrected chi connectivity index (χ1v) is 13.2. The number of anilines is 2. The van der Waals surface area contributed by atoms with Gasteiger partial charge in [0.05, 0.1) is 38.6 Å². The minimum Gasteiger partial charge on any atom is -0.489 e. The molecule has 186 valence electrons. The number of carbonyl (C=O) groups excluding carboxylic acids is 1. The van der Waals surface area contributed by atoms with E-state index in [9.17, 15) is 4.79 Å². The van der Waals surface area contributed by atoms with Gasteiger partial charge >= 0.3 is 0 Å². The highest BCUT2D eigenvalue weighted by Crippen LogP contribution is 2.59. The summed E-state index contributed by atoms with van der Waals surface area (Å²) >= 11 is 13.0. The first-order chi connectivity index (χ1) is 18.0. The summed E-state index contributed by atoms with van der Waals surface area (Å²) in [5, 5.41) is 5.38. The van der Waals surface area contributed by atoms with Crippen molar-refractivity contribution in [1.29, 1.82) is 0 Å². The summed E-state index contributed by atoms with van der Waals surface area (Å²) in [6, 6.07) is 13.3. The summed E-state index contributed by atoms with van der Waals surface area (Å²) in [5.74, 6) is 1.98. The van der Waals surface area contributed by atoms with Gasteiger partial charge in [-0.2, -0.15) is 0 Å². The lowest BCUT2D eigenvalue weighted by molar-refractivity contribution is -0.119. The van der Waals surface area contributed by atoms with Crippen molar-refractivity contribution in [2.24, 2.45) is 0 Å². The molecule has 7 rings (SSSR count). The molecule has 0 bridgehead atoms. The predicted molar refractivity (Wildman–Crippen MR) is 142 cm³/mol. The molecule has 2 saturated carbocycles. The summed E-state index contributed by atoms with van der Waals surface area (Å²) in [6.45, 7) is 2.24. The van der Waals surface area contributed by atoms with Crippen LogP contribution in [0.2, 0.25) is 10.0 Å². The van der Waals surface area contributed by atoms with E-state index in [1.165, 1.54) is 0 Å². The Bertz CT molecular complexity index is 1550. The average molecular weight is 532 g/mol. The molecule has 2 aromatic carbocycles. The maximum absolute atomic E-state index is 13.5. The number of hydrogen-bond acceptors (Lipinski definition) is 5. The number of carbonyl (C=O) groups is 1. The van der Waals surface area contributed by atoms with E-state index in [1.54, 1.807) is 29.4 Å². The molecule has 2 fully saturated rings. The van der Waals surface area contributed by atoms with Gasteiger partial charge < -0.3 is 9.26 Å². The Morgan fingerprint density at radius 3 is 2.59 bits per heavy atom. The molecule has 2 aromatic heterocycles. The van der Waals surface area contributed by atoms with E-state index in [-0.39, 0.29) is 12.5 Å². The highest BCUT2D eigenvalue weighted by molar-refractivity contribution is 6.39. The second-order valence-corrected chi connectivity index (χ2v) is 11.0. The molecule has 1 amide bonds. The third-order valence-electron chi connectivity index (χ3n) is 7.56. The molecule has 8 heteroatoms. The minimum atomic E-state index is -0.467. The molecule has 2 aliphatic carbocycles. The molecule has 0 N–H and O–H groups in total. The van der Waals surface area contributed by atoms with Crippen molar-refractivity contribution in [1.82, 2.24) is 10.1 Å². The Morgan fingerprint density at radius 2 is 1.89 bits per heavy atom. The minimum absolute atomic E-state index is 0.109. The standard InChI is InChI=1S/C29H23Cl2N3O3/c1-16-11-18(14-32-13-16)34-24-8-7-19(12-21(24)29(9-10-29)28(34)35)36-15-20-26(33-37-27(20)17-5-6-17)25-22(30)3-2-4-23(25)31/h2-4,7-8,11-14,17H,5-6,9-10,15H2,1H3. The topological polar surface area (TPSA) is 68.5 Å². The number of nitrogens with zero attached hydrogens (tertiary/aromatic N) is 3. The highest BCUT2D eigenvalue weighted by Gasteiger charge is 2.59. The van der Waals surface area contributed by atoms with Gasteiger partial charge in [0, 0.05) is 17.7 Å². The Balaban J connectivity index is 1.23. The van der Waals surface area contributed by atoms with Crippen LogP contribution in [0.15, 0.2) is 59.4 Å². The maximum Gasteiger partial charge on any atom is 0.242 e. The zero-order chi connectivity index (χ0) is 25.3. The van der Waals surface area contributed by atoms with Crippen LogP contribution >= 0.6 is 23.2 Å². The quantitative estimate of drug-likeness (QED) is 0.257. The van der Waals surface area contributed by atoms with Gasteiger partial charge in [0.1, 0.15) is 23.8 Å². The van der Waals surface area contributed by atoms with Crippen molar-refractivity contribution in [3.8, 4) is 17.0 Å². The molecule has 0 unspecified atom stereocenters. The van der Waals surface area contributed by atoms with E-state index in [2.05, 4.69) is 10.1 Å². The summed E-state index contributed by atoms with van der Waals surface area (Å²) < 4.78 is 12.1. The van der Waals surface area contributed by atoms with E-state index in [1.807, 2.05) is 37.3 Å². The predicted octanol–water partition coefficient (Wildman–Crippen LogP) is 7.52. The summed E-state index contributed by atoms with van der Waals surface area (Å²) in [7, 11) is 0. The SMILES string of the molecule is Cc1cncc(N2C(=O)C3(CC3)c3cc(OCc4c(-c5c(Cl)cccc5Cl)noc4C4CC4)ccc32)c1. The van der Waals surface area contributed by atoms with E-state index in [4.69, 9.17) is 32.5 Å². The van der Waals surface area contributed by atoms with Crippen LogP contribution in [0.3, 0.4) is 0 Å². The molecular weight excluding hydrogens is 509 g/mol. The molecule has 1 spiro atoms. The number of ether oxygens (including phenoxy) is 1. The fraction of sp³-hybridized carbons (Fsp3) is 0.276. The van der Waals surface area contributed by atoms with Crippen LogP contribution in [0, 0.1) is 6.92 Å². The first kappa shape index (κ1) is 22.8. The van der Waals surface area contributed by atoms with Crippen LogP contribution in [0.1, 0.15) is 54.1 Å². The van der Waals surface area contributed by atoms with Gasteiger partial charge in [-0.3, -0.25) is 14.7 Å². The number of aromatic nitrogens is 2. The molecule has 0 radical (unpaired) electrons. The Hall–Kier alpha value is -3.35. The third kappa shape index (κ3) is 3.65. The number of aryl methyl sites for hydroxylation is 1. The van der Waals surface area contributed by atoms with Gasteiger partial charge in [0.15, 0.2) is 0 Å². The number of amides is 1. The Labute approximate surface area is 224 Å². The summed E-state index contributed by atoms with van der Waals surface area (Å²) in [4.78, 5) is 19.6. The lowest BCUT2D eigenvalue weighted by atomic mass is 9.98. The molecule has 0 saturated heterocycles. The number of rotatable bonds is 6. The van der Waals surface area contributed by atoms with Crippen LogP contribution in [-0.4, -0.2) is 16.0 Å². The Kier molecular flexibility index (Phi) is 5.14. The van der Waals surface area contributed by atoms with E-state index in [0.29, 0.717) is 33.0 Å². The lowest BCUT2D eigenvalue weighted by Gasteiger charge is -2.18. The first-order valence-electron chi connectivity index (χ1n) is 12.4. The van der Waals surface area contributed by atoms with Crippen molar-refractivity contribution < 1.29 is 14.1 Å². The molecular formula is C29H23Cl2N3O3. The average Bonchev–Trinajstić information content (AvgIpc) is 3.81. The van der Waals surface area contributed by atoms with Crippen molar-refractivity contribution in [3.05, 3.63) is 87.4 Å². The van der Waals surface area contributed by atoms with E-state index < -0.39 is 5.41 Å². The maximum atomic E-state index is 13.5. The number of pyridine rings is 1. The molecule has 6 nitrogen and oxygen atoms in total. The van der Waals surface area contributed by atoms with Crippen molar-refractivity contribution >= 4 is 40.5 Å². The second kappa shape index (κ2) is 8.33. The Morgan fingerprint density at radius 1 is 1.11 bits per heavy atom. The number of benzene rings is 2. The molecule has 37 heavy (non-hydrogen) atoms. The third-order valence-corrected chi connectivity index (χ3v) is 8.19. The molecule has 1 aliphatic heterocycles. The summed E-state index contributed by atoms with van der Waals surface area (Å²) in [6.07, 6.45) is 7.33. The van der Waals surface area contributed by atoms with Crippen molar-refractivity contribution in [2.45, 2.75) is 50.5 Å². The number of fused-ring (bicyclic) bond motifs is 2. The monoisotopic (exact) mass is 531 g/mol. The lowest BCUT2D eigenvalue weighted by Crippen LogP contribution is -2.28. The van der Waals surface area contributed by atoms with Gasteiger partial charge in [-0.15, -0.1) is 0 Å².